The summed E-state index contributed by atoms with van der Waals surface area (Å²) >= 11 is 0. The lowest BCUT2D eigenvalue weighted by Gasteiger charge is -1.93. The highest BCUT2D eigenvalue weighted by atomic mass is 14.7. The average Bonchev–Trinajstić information content (AvgIpc) is 2.03. The van der Waals surface area contributed by atoms with E-state index in [9.17, 15) is 0 Å². The van der Waals surface area contributed by atoms with Crippen LogP contribution in [0.1, 0.15) is 33.1 Å². The quantitative estimate of drug-likeness (QED) is 0.414. The Kier molecular flexibility index (Phi) is 8.78. The molecule has 64 valence electrons. The fourth-order valence-electron chi connectivity index (χ4n) is 0.841. The van der Waals surface area contributed by atoms with Crippen LogP contribution in [0.5, 0.6) is 0 Å². The minimum absolute atomic E-state index is 0.979. The van der Waals surface area contributed by atoms with E-state index in [-0.39, 0.29) is 0 Å². The number of rotatable bonds is 6. The molecule has 0 aliphatic rings. The lowest BCUT2D eigenvalue weighted by Crippen LogP contribution is -1.85. The molecule has 0 saturated carbocycles. The molecule has 0 bridgehead atoms. The second-order valence-corrected chi connectivity index (χ2v) is 2.39. The molecule has 0 atom stereocenters. The van der Waals surface area contributed by atoms with E-state index in [1.165, 1.54) is 19.3 Å². The number of aliphatic imine (C=N–C) groups is 2. The Morgan fingerprint density at radius 3 is 1.64 bits per heavy atom. The second kappa shape index (κ2) is 9.34. The number of hydrogen-bond acceptors (Lipinski definition) is 2. The Morgan fingerprint density at radius 2 is 1.27 bits per heavy atom. The van der Waals surface area contributed by atoms with Crippen molar-refractivity contribution in [3.05, 3.63) is 0 Å². The first kappa shape index (κ1) is 10.3. The SMILES string of the molecule is CC=NCCCCCN=CC. The number of hydrogen-bond donors (Lipinski definition) is 0. The van der Waals surface area contributed by atoms with Crippen LogP contribution in [0.3, 0.4) is 0 Å². The molecule has 0 aliphatic heterocycles. The molecule has 0 radical (unpaired) electrons. The van der Waals surface area contributed by atoms with Crippen molar-refractivity contribution in [2.45, 2.75) is 33.1 Å². The van der Waals surface area contributed by atoms with Gasteiger partial charge in [-0.05, 0) is 45.5 Å². The minimum Gasteiger partial charge on any atom is -0.298 e. The van der Waals surface area contributed by atoms with Crippen LogP contribution < -0.4 is 0 Å². The maximum Gasteiger partial charge on any atom is 0.0385 e. The molecule has 0 aromatic carbocycles. The molecule has 2 nitrogen and oxygen atoms in total. The molecule has 0 saturated heterocycles. The van der Waals surface area contributed by atoms with E-state index in [0.29, 0.717) is 0 Å². The molecule has 0 fully saturated rings. The van der Waals surface area contributed by atoms with Gasteiger partial charge in [0, 0.05) is 13.1 Å². The number of nitrogens with zero attached hydrogens (tertiary/aromatic N) is 2. The molecule has 2 heteroatoms. The smallest absolute Gasteiger partial charge is 0.0385 e. The summed E-state index contributed by atoms with van der Waals surface area (Å²) in [5.41, 5.74) is 0. The van der Waals surface area contributed by atoms with E-state index < -0.39 is 0 Å². The fraction of sp³-hybridized carbons (Fsp3) is 0.778. The van der Waals surface area contributed by atoms with Gasteiger partial charge >= 0.3 is 0 Å². The van der Waals surface area contributed by atoms with Gasteiger partial charge in [-0.3, -0.25) is 9.98 Å². The monoisotopic (exact) mass is 154 g/mol. The summed E-state index contributed by atoms with van der Waals surface area (Å²) in [7, 11) is 0. The Labute approximate surface area is 69.4 Å². The third kappa shape index (κ3) is 9.34. The van der Waals surface area contributed by atoms with E-state index in [2.05, 4.69) is 9.98 Å². The Balaban J connectivity index is 2.90. The van der Waals surface area contributed by atoms with Gasteiger partial charge in [-0.1, -0.05) is 0 Å². The highest BCUT2D eigenvalue weighted by molar-refractivity contribution is 5.53. The van der Waals surface area contributed by atoms with Crippen molar-refractivity contribution >= 4 is 12.4 Å². The van der Waals surface area contributed by atoms with Crippen molar-refractivity contribution in [2.24, 2.45) is 9.98 Å². The molecule has 0 aromatic heterocycles. The van der Waals surface area contributed by atoms with Gasteiger partial charge in [0.05, 0.1) is 0 Å². The van der Waals surface area contributed by atoms with Crippen LogP contribution in [-0.2, 0) is 0 Å². The lowest BCUT2D eigenvalue weighted by atomic mass is 10.2. The summed E-state index contributed by atoms with van der Waals surface area (Å²) in [5.74, 6) is 0. The summed E-state index contributed by atoms with van der Waals surface area (Å²) in [6.45, 7) is 5.88. The fourth-order valence-corrected chi connectivity index (χ4v) is 0.841. The first-order chi connectivity index (χ1) is 5.41. The second-order valence-electron chi connectivity index (χ2n) is 2.39. The molecule has 0 spiro atoms. The van der Waals surface area contributed by atoms with E-state index in [1.54, 1.807) is 0 Å². The third-order valence-corrected chi connectivity index (χ3v) is 1.44. The van der Waals surface area contributed by atoms with Crippen LogP contribution in [0.2, 0.25) is 0 Å². The maximum absolute atomic E-state index is 4.13. The Hall–Kier alpha value is -0.660. The van der Waals surface area contributed by atoms with Crippen molar-refractivity contribution in [1.82, 2.24) is 0 Å². The Bertz CT molecular complexity index is 103. The molecule has 0 aliphatic carbocycles. The number of unbranched alkanes of at least 4 members (excludes halogenated alkanes) is 2. The molecule has 0 N–H and O–H groups in total. The van der Waals surface area contributed by atoms with Crippen molar-refractivity contribution in [2.75, 3.05) is 13.1 Å². The van der Waals surface area contributed by atoms with Crippen LogP contribution in [0.15, 0.2) is 9.98 Å². The third-order valence-electron chi connectivity index (χ3n) is 1.44. The molecule has 0 unspecified atom stereocenters. The topological polar surface area (TPSA) is 24.7 Å². The Morgan fingerprint density at radius 1 is 0.818 bits per heavy atom. The zero-order valence-electron chi connectivity index (χ0n) is 7.58. The maximum atomic E-state index is 4.13. The predicted octanol–water partition coefficient (Wildman–Crippen LogP) is 2.34. The van der Waals surface area contributed by atoms with E-state index in [4.69, 9.17) is 0 Å². The van der Waals surface area contributed by atoms with E-state index >= 15 is 0 Å². The minimum atomic E-state index is 0.979. The molecular formula is C9H18N2. The van der Waals surface area contributed by atoms with Gasteiger partial charge in [0.2, 0.25) is 0 Å². The summed E-state index contributed by atoms with van der Waals surface area (Å²) < 4.78 is 0. The summed E-state index contributed by atoms with van der Waals surface area (Å²) in [5, 5.41) is 0. The van der Waals surface area contributed by atoms with Gasteiger partial charge in [-0.15, -0.1) is 0 Å². The van der Waals surface area contributed by atoms with Crippen LogP contribution in [-0.4, -0.2) is 25.5 Å². The normalized spacial score (nSPS) is 11.8. The first-order valence-corrected chi connectivity index (χ1v) is 4.30. The van der Waals surface area contributed by atoms with E-state index in [0.717, 1.165) is 13.1 Å². The average molecular weight is 154 g/mol. The van der Waals surface area contributed by atoms with Crippen LogP contribution in [0.4, 0.5) is 0 Å². The summed E-state index contributed by atoms with van der Waals surface area (Å²) in [6.07, 6.45) is 7.37. The van der Waals surface area contributed by atoms with Crippen LogP contribution >= 0.6 is 0 Å². The van der Waals surface area contributed by atoms with Gasteiger partial charge in [-0.25, -0.2) is 0 Å². The van der Waals surface area contributed by atoms with Crippen LogP contribution in [0, 0.1) is 0 Å². The first-order valence-electron chi connectivity index (χ1n) is 4.30. The lowest BCUT2D eigenvalue weighted by molar-refractivity contribution is 0.698. The largest absolute Gasteiger partial charge is 0.298 e. The van der Waals surface area contributed by atoms with Gasteiger partial charge in [0.25, 0.3) is 0 Å². The molecule has 0 aromatic rings. The molecular weight excluding hydrogens is 136 g/mol. The van der Waals surface area contributed by atoms with Crippen molar-refractivity contribution < 1.29 is 0 Å². The van der Waals surface area contributed by atoms with E-state index in [1.807, 2.05) is 26.3 Å². The van der Waals surface area contributed by atoms with Gasteiger partial charge < -0.3 is 0 Å². The molecule has 0 heterocycles. The zero-order valence-corrected chi connectivity index (χ0v) is 7.58. The van der Waals surface area contributed by atoms with Crippen molar-refractivity contribution in [3.8, 4) is 0 Å². The summed E-state index contributed by atoms with van der Waals surface area (Å²) in [4.78, 5) is 8.25. The van der Waals surface area contributed by atoms with Crippen LogP contribution in [0.25, 0.3) is 0 Å². The highest BCUT2D eigenvalue weighted by Crippen LogP contribution is 1.95. The van der Waals surface area contributed by atoms with Crippen molar-refractivity contribution in [1.29, 1.82) is 0 Å². The molecule has 11 heavy (non-hydrogen) atoms. The molecule has 0 amide bonds. The predicted molar refractivity (Wildman–Crippen MR) is 51.9 cm³/mol. The standard InChI is InChI=1S/C9H18N2/c1-3-10-8-6-5-7-9-11-4-2/h3-4H,5-9H2,1-2H3. The zero-order chi connectivity index (χ0) is 8.36. The highest BCUT2D eigenvalue weighted by Gasteiger charge is 1.84. The summed E-state index contributed by atoms with van der Waals surface area (Å²) in [6, 6.07) is 0. The van der Waals surface area contributed by atoms with Gasteiger partial charge in [0.15, 0.2) is 0 Å². The van der Waals surface area contributed by atoms with Crippen molar-refractivity contribution in [3.63, 3.8) is 0 Å². The van der Waals surface area contributed by atoms with Gasteiger partial charge in [0.1, 0.15) is 0 Å². The van der Waals surface area contributed by atoms with Gasteiger partial charge in [-0.2, -0.15) is 0 Å². The molecule has 0 rings (SSSR count).